The van der Waals surface area contributed by atoms with Crippen LogP contribution < -0.4 is 16.0 Å². The van der Waals surface area contributed by atoms with Gasteiger partial charge in [0.2, 0.25) is 5.91 Å². The molecular formula is C23H23N3O2S. The molecule has 0 aliphatic carbocycles. The van der Waals surface area contributed by atoms with Crippen LogP contribution in [0, 0.1) is 0 Å². The van der Waals surface area contributed by atoms with Crippen molar-refractivity contribution >= 4 is 45.6 Å². The smallest absolute Gasteiger partial charge is 0.251 e. The third-order valence-corrected chi connectivity index (χ3v) is 4.63. The van der Waals surface area contributed by atoms with Crippen LogP contribution in [0.2, 0.25) is 0 Å². The summed E-state index contributed by atoms with van der Waals surface area (Å²) >= 11 is 5.24. The Labute approximate surface area is 175 Å². The van der Waals surface area contributed by atoms with Gasteiger partial charge in [0.05, 0.1) is 6.42 Å². The lowest BCUT2D eigenvalue weighted by Gasteiger charge is -2.11. The molecule has 0 bridgehead atoms. The van der Waals surface area contributed by atoms with Crippen molar-refractivity contribution in [1.82, 2.24) is 10.6 Å². The van der Waals surface area contributed by atoms with Crippen LogP contribution in [0.25, 0.3) is 10.8 Å². The quantitative estimate of drug-likeness (QED) is 0.542. The lowest BCUT2D eigenvalue weighted by Crippen LogP contribution is -2.35. The molecule has 0 saturated carbocycles. The van der Waals surface area contributed by atoms with Crippen LogP contribution in [0.5, 0.6) is 0 Å². The van der Waals surface area contributed by atoms with E-state index in [1.807, 2.05) is 49.4 Å². The van der Waals surface area contributed by atoms with Gasteiger partial charge in [-0.2, -0.15) is 0 Å². The molecule has 6 heteroatoms. The second-order valence-electron chi connectivity index (χ2n) is 6.65. The first-order chi connectivity index (χ1) is 14.1. The summed E-state index contributed by atoms with van der Waals surface area (Å²) in [5, 5.41) is 10.9. The van der Waals surface area contributed by atoms with Gasteiger partial charge in [-0.3, -0.25) is 9.59 Å². The van der Waals surface area contributed by atoms with E-state index in [0.717, 1.165) is 22.8 Å². The molecule has 3 aromatic carbocycles. The van der Waals surface area contributed by atoms with Crippen LogP contribution >= 0.6 is 12.2 Å². The maximum Gasteiger partial charge on any atom is 0.251 e. The lowest BCUT2D eigenvalue weighted by molar-refractivity contribution is -0.119. The molecule has 0 fully saturated rings. The van der Waals surface area contributed by atoms with Crippen molar-refractivity contribution in [2.45, 2.75) is 19.8 Å². The van der Waals surface area contributed by atoms with E-state index >= 15 is 0 Å². The van der Waals surface area contributed by atoms with Crippen LogP contribution in [0.15, 0.2) is 66.7 Å². The highest BCUT2D eigenvalue weighted by molar-refractivity contribution is 7.80. The Morgan fingerprint density at radius 2 is 1.66 bits per heavy atom. The summed E-state index contributed by atoms with van der Waals surface area (Å²) in [5.74, 6) is -0.293. The molecule has 0 unspecified atom stereocenters. The van der Waals surface area contributed by atoms with E-state index in [0.29, 0.717) is 17.8 Å². The average molecular weight is 406 g/mol. The minimum absolute atomic E-state index is 0.107. The molecule has 3 aromatic rings. The molecule has 3 N–H and O–H groups in total. The van der Waals surface area contributed by atoms with E-state index in [-0.39, 0.29) is 23.3 Å². The van der Waals surface area contributed by atoms with E-state index in [9.17, 15) is 9.59 Å². The zero-order valence-electron chi connectivity index (χ0n) is 16.2. The van der Waals surface area contributed by atoms with Crippen molar-refractivity contribution in [3.8, 4) is 0 Å². The van der Waals surface area contributed by atoms with Gasteiger partial charge in [-0.05, 0) is 59.2 Å². The van der Waals surface area contributed by atoms with E-state index in [1.54, 1.807) is 24.3 Å². The highest BCUT2D eigenvalue weighted by atomic mass is 32.1. The number of fused-ring (bicyclic) bond motifs is 1. The summed E-state index contributed by atoms with van der Waals surface area (Å²) in [6, 6.07) is 20.8. The summed E-state index contributed by atoms with van der Waals surface area (Å²) in [7, 11) is 0. The Hall–Kier alpha value is -3.25. The molecule has 0 heterocycles. The number of amides is 2. The maximum atomic E-state index is 12.4. The van der Waals surface area contributed by atoms with Crippen molar-refractivity contribution in [1.29, 1.82) is 0 Å². The minimum atomic E-state index is -0.186. The van der Waals surface area contributed by atoms with Gasteiger partial charge in [0.1, 0.15) is 0 Å². The van der Waals surface area contributed by atoms with Gasteiger partial charge in [0, 0.05) is 17.8 Å². The first-order valence-electron chi connectivity index (χ1n) is 9.52. The Balaban J connectivity index is 1.56. The average Bonchev–Trinajstić information content (AvgIpc) is 2.72. The summed E-state index contributed by atoms with van der Waals surface area (Å²) < 4.78 is 0. The van der Waals surface area contributed by atoms with E-state index in [1.165, 1.54) is 0 Å². The topological polar surface area (TPSA) is 70.2 Å². The molecule has 0 atom stereocenters. The first kappa shape index (κ1) is 20.5. The molecule has 148 valence electrons. The fraction of sp³-hybridized carbons (Fsp3) is 0.174. The number of rotatable bonds is 6. The van der Waals surface area contributed by atoms with Crippen molar-refractivity contribution in [3.05, 3.63) is 77.9 Å². The molecule has 0 saturated heterocycles. The first-order valence-corrected chi connectivity index (χ1v) is 9.93. The van der Waals surface area contributed by atoms with E-state index in [2.05, 4.69) is 16.0 Å². The molecule has 0 aliphatic rings. The molecular weight excluding hydrogens is 382 g/mol. The largest absolute Gasteiger partial charge is 0.352 e. The van der Waals surface area contributed by atoms with E-state index < -0.39 is 0 Å². The van der Waals surface area contributed by atoms with Crippen molar-refractivity contribution in [2.24, 2.45) is 0 Å². The van der Waals surface area contributed by atoms with Crippen molar-refractivity contribution < 1.29 is 9.59 Å². The number of carbonyl (C=O) groups excluding carboxylic acids is 2. The summed E-state index contributed by atoms with van der Waals surface area (Å²) in [6.07, 6.45) is 1.12. The predicted molar refractivity (Wildman–Crippen MR) is 121 cm³/mol. The van der Waals surface area contributed by atoms with Crippen molar-refractivity contribution in [2.75, 3.05) is 11.9 Å². The fourth-order valence-electron chi connectivity index (χ4n) is 3.00. The normalized spacial score (nSPS) is 10.4. The summed E-state index contributed by atoms with van der Waals surface area (Å²) in [4.78, 5) is 24.3. The molecule has 2 amide bonds. The van der Waals surface area contributed by atoms with Gasteiger partial charge >= 0.3 is 0 Å². The fourth-order valence-corrected chi connectivity index (χ4v) is 3.23. The predicted octanol–water partition coefficient (Wildman–Crippen LogP) is 4.04. The Bertz CT molecular complexity index is 1030. The Morgan fingerprint density at radius 1 is 0.931 bits per heavy atom. The highest BCUT2D eigenvalue weighted by Gasteiger charge is 2.09. The minimum Gasteiger partial charge on any atom is -0.352 e. The van der Waals surface area contributed by atoms with Gasteiger partial charge in [-0.1, -0.05) is 49.4 Å². The van der Waals surface area contributed by atoms with Gasteiger partial charge in [-0.15, -0.1) is 0 Å². The number of nitrogens with one attached hydrogen (secondary N) is 3. The molecule has 0 aromatic heterocycles. The number of benzene rings is 3. The van der Waals surface area contributed by atoms with Crippen LogP contribution in [-0.2, 0) is 11.2 Å². The molecule has 5 nitrogen and oxygen atoms in total. The number of hydrogen-bond donors (Lipinski definition) is 3. The standard InChI is InChI=1S/C23H23N3O2S/c1-2-14-24-22(28)17-10-12-19(13-11-17)25-23(29)26-21(27)15-18-8-5-7-16-6-3-4-9-20(16)18/h3-13H,2,14-15H2,1H3,(H,24,28)(H2,25,26,27,29). The highest BCUT2D eigenvalue weighted by Crippen LogP contribution is 2.18. The third-order valence-electron chi connectivity index (χ3n) is 4.42. The molecule has 0 aliphatic heterocycles. The summed E-state index contributed by atoms with van der Waals surface area (Å²) in [6.45, 7) is 2.65. The molecule has 3 rings (SSSR count). The molecule has 0 spiro atoms. The number of hydrogen-bond acceptors (Lipinski definition) is 3. The maximum absolute atomic E-state index is 12.4. The van der Waals surface area contributed by atoms with Gasteiger partial charge in [0.25, 0.3) is 5.91 Å². The van der Waals surface area contributed by atoms with Gasteiger partial charge in [-0.25, -0.2) is 0 Å². The number of carbonyl (C=O) groups is 2. The molecule has 0 radical (unpaired) electrons. The van der Waals surface area contributed by atoms with E-state index in [4.69, 9.17) is 12.2 Å². The molecule has 29 heavy (non-hydrogen) atoms. The number of anilines is 1. The van der Waals surface area contributed by atoms with Crippen LogP contribution in [-0.4, -0.2) is 23.5 Å². The van der Waals surface area contributed by atoms with Crippen LogP contribution in [0.1, 0.15) is 29.3 Å². The second kappa shape index (κ2) is 9.80. The second-order valence-corrected chi connectivity index (χ2v) is 7.06. The monoisotopic (exact) mass is 405 g/mol. The lowest BCUT2D eigenvalue weighted by atomic mass is 10.0. The van der Waals surface area contributed by atoms with Crippen LogP contribution in [0.3, 0.4) is 0 Å². The zero-order chi connectivity index (χ0) is 20.6. The Morgan fingerprint density at radius 3 is 2.41 bits per heavy atom. The third kappa shape index (κ3) is 5.62. The van der Waals surface area contributed by atoms with Crippen LogP contribution in [0.4, 0.5) is 5.69 Å². The Kier molecular flexibility index (Phi) is 6.92. The van der Waals surface area contributed by atoms with Gasteiger partial charge in [0.15, 0.2) is 5.11 Å². The van der Waals surface area contributed by atoms with Crippen molar-refractivity contribution in [3.63, 3.8) is 0 Å². The SMILES string of the molecule is CCCNC(=O)c1ccc(NC(=S)NC(=O)Cc2cccc3ccccc23)cc1. The van der Waals surface area contributed by atoms with Gasteiger partial charge < -0.3 is 16.0 Å². The summed E-state index contributed by atoms with van der Waals surface area (Å²) in [5.41, 5.74) is 2.23. The zero-order valence-corrected chi connectivity index (χ0v) is 17.0. The number of thiocarbonyl (C=S) groups is 1.